The summed E-state index contributed by atoms with van der Waals surface area (Å²) in [5, 5.41) is 12.4. The molecule has 2 heterocycles. The maximum atomic E-state index is 12.9. The van der Waals surface area contributed by atoms with Crippen molar-refractivity contribution in [1.82, 2.24) is 5.32 Å². The van der Waals surface area contributed by atoms with Crippen LogP contribution in [-0.4, -0.2) is 22.8 Å². The van der Waals surface area contributed by atoms with Crippen LogP contribution in [-0.2, 0) is 15.8 Å². The van der Waals surface area contributed by atoms with Crippen LogP contribution in [0.1, 0.15) is 11.3 Å². The summed E-state index contributed by atoms with van der Waals surface area (Å²) in [5.41, 5.74) is -2.17. The van der Waals surface area contributed by atoms with Gasteiger partial charge in [0.05, 0.1) is 17.3 Å². The number of anilines is 1. The monoisotopic (exact) mass is 395 g/mol. The number of barbiturate groups is 1. The molecule has 0 spiro atoms. The Morgan fingerprint density at radius 1 is 1.14 bits per heavy atom. The molecule has 28 heavy (non-hydrogen) atoms. The van der Waals surface area contributed by atoms with Gasteiger partial charge in [-0.2, -0.15) is 13.2 Å². The molecule has 0 aliphatic carbocycles. The molecule has 9 nitrogen and oxygen atoms in total. The van der Waals surface area contributed by atoms with Gasteiger partial charge in [0, 0.05) is 0 Å². The molecular formula is C16H8F3N3O6. The van der Waals surface area contributed by atoms with E-state index in [1.54, 1.807) is 0 Å². The van der Waals surface area contributed by atoms with Gasteiger partial charge in [-0.25, -0.2) is 9.69 Å². The smallest absolute Gasteiger partial charge is 0.401 e. The van der Waals surface area contributed by atoms with E-state index in [4.69, 9.17) is 4.42 Å². The minimum atomic E-state index is -4.72. The third-order valence-corrected chi connectivity index (χ3v) is 3.61. The summed E-state index contributed by atoms with van der Waals surface area (Å²) in [7, 11) is 0. The molecule has 144 valence electrons. The lowest BCUT2D eigenvalue weighted by atomic mass is 10.1. The van der Waals surface area contributed by atoms with Crippen LogP contribution in [0.2, 0.25) is 0 Å². The number of nitrogens with zero attached hydrogens (tertiary/aromatic N) is 2. The maximum Gasteiger partial charge on any atom is 0.433 e. The number of nitrogens with one attached hydrogen (secondary N) is 1. The van der Waals surface area contributed by atoms with Crippen molar-refractivity contribution in [3.8, 4) is 0 Å². The molecule has 1 aliphatic heterocycles. The van der Waals surface area contributed by atoms with Crippen LogP contribution in [0.5, 0.6) is 0 Å². The maximum absolute atomic E-state index is 12.9. The summed E-state index contributed by atoms with van der Waals surface area (Å²) in [4.78, 5) is 46.7. The second kappa shape index (κ2) is 6.64. The van der Waals surface area contributed by atoms with Crippen molar-refractivity contribution in [3.05, 3.63) is 63.4 Å². The number of imide groups is 2. The topological polar surface area (TPSA) is 123 Å². The van der Waals surface area contributed by atoms with Crippen molar-refractivity contribution in [2.24, 2.45) is 0 Å². The van der Waals surface area contributed by atoms with Gasteiger partial charge in [-0.15, -0.1) is 0 Å². The Bertz CT molecular complexity index is 1040. The summed E-state index contributed by atoms with van der Waals surface area (Å²) in [6.45, 7) is 0. The number of alkyl halides is 3. The van der Waals surface area contributed by atoms with E-state index in [-0.39, 0.29) is 5.76 Å². The standard InChI is InChI=1S/C16H8F3N3O6/c17-16(18,19)8-2-1-3-9(6-8)21-14(24)11(13(23)20-15(21)25)7-10-4-5-12(28-10)22(26)27/h1-7H,(H,20,23,25). The van der Waals surface area contributed by atoms with Gasteiger partial charge in [-0.1, -0.05) is 6.07 Å². The van der Waals surface area contributed by atoms with Crippen molar-refractivity contribution in [3.63, 3.8) is 0 Å². The first-order valence-corrected chi connectivity index (χ1v) is 7.41. The van der Waals surface area contributed by atoms with E-state index in [1.165, 1.54) is 0 Å². The zero-order valence-electron chi connectivity index (χ0n) is 13.5. The number of carbonyl (C=O) groups is 3. The summed E-state index contributed by atoms with van der Waals surface area (Å²) in [5.74, 6) is -3.23. The van der Waals surface area contributed by atoms with Crippen molar-refractivity contribution < 1.29 is 36.9 Å². The molecule has 1 aromatic carbocycles. The summed E-state index contributed by atoms with van der Waals surface area (Å²) in [6, 6.07) is 4.25. The Labute approximate surface area is 153 Å². The SMILES string of the molecule is O=C1NC(=O)N(c2cccc(C(F)(F)F)c2)C(=O)C1=Cc1ccc([N+](=O)[O-])o1. The van der Waals surface area contributed by atoms with Crippen LogP contribution in [0, 0.1) is 10.1 Å². The lowest BCUT2D eigenvalue weighted by Crippen LogP contribution is -2.54. The second-order valence-electron chi connectivity index (χ2n) is 5.44. The Morgan fingerprint density at radius 2 is 1.86 bits per heavy atom. The van der Waals surface area contributed by atoms with Gasteiger partial charge in [0.2, 0.25) is 0 Å². The van der Waals surface area contributed by atoms with Gasteiger partial charge in [0.15, 0.2) is 0 Å². The van der Waals surface area contributed by atoms with E-state index in [9.17, 15) is 37.7 Å². The lowest BCUT2D eigenvalue weighted by Gasteiger charge is -2.26. The van der Waals surface area contributed by atoms with Crippen molar-refractivity contribution in [2.45, 2.75) is 6.18 Å². The van der Waals surface area contributed by atoms with Crippen LogP contribution < -0.4 is 10.2 Å². The minimum absolute atomic E-state index is 0.233. The molecule has 2 aromatic rings. The van der Waals surface area contributed by atoms with Gasteiger partial charge in [0.25, 0.3) is 11.8 Å². The van der Waals surface area contributed by atoms with Gasteiger partial charge in [0.1, 0.15) is 16.3 Å². The van der Waals surface area contributed by atoms with Gasteiger partial charge in [-0.05, 0) is 30.3 Å². The fourth-order valence-corrected chi connectivity index (χ4v) is 2.37. The number of halogens is 3. The van der Waals surface area contributed by atoms with Crippen LogP contribution in [0.3, 0.4) is 0 Å². The van der Waals surface area contributed by atoms with Crippen molar-refractivity contribution in [2.75, 3.05) is 4.90 Å². The van der Waals surface area contributed by atoms with E-state index < -0.39 is 51.7 Å². The number of furan rings is 1. The average Bonchev–Trinajstić information content (AvgIpc) is 3.07. The highest BCUT2D eigenvalue weighted by Gasteiger charge is 2.38. The molecule has 1 aliphatic rings. The number of urea groups is 1. The predicted molar refractivity (Wildman–Crippen MR) is 85.8 cm³/mol. The first-order chi connectivity index (χ1) is 13.1. The molecule has 0 unspecified atom stereocenters. The molecule has 1 fully saturated rings. The molecule has 0 saturated carbocycles. The van der Waals surface area contributed by atoms with Crippen molar-refractivity contribution in [1.29, 1.82) is 0 Å². The third kappa shape index (κ3) is 3.47. The summed E-state index contributed by atoms with van der Waals surface area (Å²) in [6.07, 6.45) is -3.87. The first kappa shape index (κ1) is 18.8. The number of hydrogen-bond donors (Lipinski definition) is 1. The lowest BCUT2D eigenvalue weighted by molar-refractivity contribution is -0.402. The molecule has 4 amide bonds. The summed E-state index contributed by atoms with van der Waals surface area (Å²) >= 11 is 0. The fourth-order valence-electron chi connectivity index (χ4n) is 2.37. The second-order valence-corrected chi connectivity index (χ2v) is 5.44. The zero-order valence-corrected chi connectivity index (χ0v) is 13.5. The highest BCUT2D eigenvalue weighted by Crippen LogP contribution is 2.32. The van der Waals surface area contributed by atoms with E-state index >= 15 is 0 Å². The normalized spacial score (nSPS) is 16.5. The zero-order chi connectivity index (χ0) is 20.6. The first-order valence-electron chi connectivity index (χ1n) is 7.41. The Morgan fingerprint density at radius 3 is 2.46 bits per heavy atom. The van der Waals surface area contributed by atoms with Crippen LogP contribution in [0.25, 0.3) is 6.08 Å². The van der Waals surface area contributed by atoms with Gasteiger partial charge in [-0.3, -0.25) is 25.0 Å². The molecule has 0 atom stereocenters. The number of benzene rings is 1. The average molecular weight is 395 g/mol. The molecule has 0 bridgehead atoms. The number of hydrogen-bond acceptors (Lipinski definition) is 6. The van der Waals surface area contributed by atoms with Gasteiger partial charge >= 0.3 is 18.1 Å². The van der Waals surface area contributed by atoms with Crippen LogP contribution in [0.15, 0.2) is 46.4 Å². The van der Waals surface area contributed by atoms with E-state index in [2.05, 4.69) is 0 Å². The largest absolute Gasteiger partial charge is 0.433 e. The summed E-state index contributed by atoms with van der Waals surface area (Å²) < 4.78 is 43.5. The van der Waals surface area contributed by atoms with Gasteiger partial charge < -0.3 is 4.42 Å². The molecule has 12 heteroatoms. The molecule has 1 aromatic heterocycles. The quantitative estimate of drug-likeness (QED) is 0.369. The number of amides is 4. The molecule has 1 saturated heterocycles. The number of carbonyl (C=O) groups excluding carboxylic acids is 3. The van der Waals surface area contributed by atoms with Crippen LogP contribution >= 0.6 is 0 Å². The minimum Gasteiger partial charge on any atom is -0.401 e. The molecule has 3 rings (SSSR count). The number of rotatable bonds is 3. The fraction of sp³-hybridized carbons (Fsp3) is 0.0625. The Kier molecular flexibility index (Phi) is 4.47. The molecule has 1 N–H and O–H groups in total. The number of nitro groups is 1. The third-order valence-electron chi connectivity index (χ3n) is 3.61. The Hall–Kier alpha value is -3.96. The Balaban J connectivity index is 2.01. The highest BCUT2D eigenvalue weighted by molar-refractivity contribution is 6.39. The predicted octanol–water partition coefficient (Wildman–Crippen LogP) is 2.87. The van der Waals surface area contributed by atoms with Crippen LogP contribution in [0.4, 0.5) is 29.5 Å². The highest BCUT2D eigenvalue weighted by atomic mass is 19.4. The molecular weight excluding hydrogens is 387 g/mol. The van der Waals surface area contributed by atoms with E-state index in [1.807, 2.05) is 5.32 Å². The van der Waals surface area contributed by atoms with E-state index in [0.29, 0.717) is 11.0 Å². The van der Waals surface area contributed by atoms with E-state index in [0.717, 1.165) is 36.4 Å². The molecule has 0 radical (unpaired) electrons. The van der Waals surface area contributed by atoms with Crippen molar-refractivity contribution >= 4 is 35.5 Å².